The molecular formula is C13H14N2O3S. The van der Waals surface area contributed by atoms with E-state index < -0.39 is 4.92 Å². The topological polar surface area (TPSA) is 66.6 Å². The van der Waals surface area contributed by atoms with Crippen molar-refractivity contribution >= 4 is 22.7 Å². The summed E-state index contributed by atoms with van der Waals surface area (Å²) in [4.78, 5) is 12.3. The largest absolute Gasteiger partial charge is 0.391 e. The molecule has 1 aromatic carbocycles. The SMILES string of the molecule is CN(Cc1ccsc1)c1ccc([N+](=O)[O-])c(CO)c1. The standard InChI is InChI=1S/C13H14N2O3S/c1-14(7-10-4-5-19-9-10)12-2-3-13(15(17)18)11(6-12)8-16/h2-6,9,16H,7-8H2,1H3. The second-order valence-electron chi connectivity index (χ2n) is 4.22. The summed E-state index contributed by atoms with van der Waals surface area (Å²) in [6.07, 6.45) is 0. The smallest absolute Gasteiger partial charge is 0.275 e. The second-order valence-corrected chi connectivity index (χ2v) is 5.00. The van der Waals surface area contributed by atoms with E-state index in [1.807, 2.05) is 23.4 Å². The van der Waals surface area contributed by atoms with E-state index in [1.165, 1.54) is 11.6 Å². The Morgan fingerprint density at radius 2 is 2.21 bits per heavy atom. The van der Waals surface area contributed by atoms with Crippen molar-refractivity contribution in [2.45, 2.75) is 13.2 Å². The molecule has 0 fully saturated rings. The fourth-order valence-electron chi connectivity index (χ4n) is 1.86. The van der Waals surface area contributed by atoms with Crippen LogP contribution < -0.4 is 4.90 Å². The van der Waals surface area contributed by atoms with Gasteiger partial charge in [-0.05, 0) is 34.5 Å². The van der Waals surface area contributed by atoms with Crippen LogP contribution in [0.5, 0.6) is 0 Å². The number of nitro groups is 1. The number of benzene rings is 1. The summed E-state index contributed by atoms with van der Waals surface area (Å²) in [6.45, 7) is 0.391. The van der Waals surface area contributed by atoms with Gasteiger partial charge in [-0.25, -0.2) is 0 Å². The van der Waals surface area contributed by atoms with Crippen LogP contribution in [-0.4, -0.2) is 17.1 Å². The average Bonchev–Trinajstić information content (AvgIpc) is 2.90. The quantitative estimate of drug-likeness (QED) is 0.674. The van der Waals surface area contributed by atoms with E-state index in [-0.39, 0.29) is 12.3 Å². The number of hydrogen-bond acceptors (Lipinski definition) is 5. The van der Waals surface area contributed by atoms with Gasteiger partial charge >= 0.3 is 0 Å². The van der Waals surface area contributed by atoms with Gasteiger partial charge in [-0.3, -0.25) is 10.1 Å². The predicted molar refractivity (Wildman–Crippen MR) is 75.4 cm³/mol. The Morgan fingerprint density at radius 1 is 1.42 bits per heavy atom. The van der Waals surface area contributed by atoms with Crippen LogP contribution in [-0.2, 0) is 13.2 Å². The molecule has 1 N–H and O–H groups in total. The summed E-state index contributed by atoms with van der Waals surface area (Å²) < 4.78 is 0. The van der Waals surface area contributed by atoms with Gasteiger partial charge in [-0.1, -0.05) is 0 Å². The van der Waals surface area contributed by atoms with Gasteiger partial charge < -0.3 is 10.0 Å². The number of thiophene rings is 1. The molecule has 1 heterocycles. The van der Waals surface area contributed by atoms with Gasteiger partial charge in [0.2, 0.25) is 0 Å². The molecule has 19 heavy (non-hydrogen) atoms. The van der Waals surface area contributed by atoms with Crippen molar-refractivity contribution in [2.75, 3.05) is 11.9 Å². The van der Waals surface area contributed by atoms with Crippen LogP contribution in [0.1, 0.15) is 11.1 Å². The van der Waals surface area contributed by atoms with Crippen molar-refractivity contribution < 1.29 is 10.0 Å². The van der Waals surface area contributed by atoms with Crippen LogP contribution in [0, 0.1) is 10.1 Å². The maximum absolute atomic E-state index is 10.8. The van der Waals surface area contributed by atoms with Gasteiger partial charge in [0, 0.05) is 25.3 Å². The fourth-order valence-corrected chi connectivity index (χ4v) is 2.52. The Labute approximate surface area is 114 Å². The van der Waals surface area contributed by atoms with Gasteiger partial charge in [0.25, 0.3) is 5.69 Å². The van der Waals surface area contributed by atoms with E-state index in [2.05, 4.69) is 5.38 Å². The Kier molecular flexibility index (Phi) is 4.13. The molecule has 0 aliphatic rings. The number of rotatable bonds is 5. The van der Waals surface area contributed by atoms with Crippen LogP contribution >= 0.6 is 11.3 Å². The highest BCUT2D eigenvalue weighted by molar-refractivity contribution is 7.07. The molecule has 1 aromatic heterocycles. The number of nitrogens with zero attached hydrogens (tertiary/aromatic N) is 2. The first kappa shape index (κ1) is 13.5. The van der Waals surface area contributed by atoms with Crippen molar-refractivity contribution in [1.82, 2.24) is 0 Å². The van der Waals surface area contributed by atoms with Gasteiger partial charge in [0.15, 0.2) is 0 Å². The Bertz CT molecular complexity index is 569. The van der Waals surface area contributed by atoms with Gasteiger partial charge in [0.1, 0.15) is 0 Å². The number of aliphatic hydroxyl groups is 1. The summed E-state index contributed by atoms with van der Waals surface area (Å²) in [5, 5.41) is 24.1. The average molecular weight is 278 g/mol. The molecule has 0 amide bonds. The zero-order valence-corrected chi connectivity index (χ0v) is 11.3. The van der Waals surface area contributed by atoms with Gasteiger partial charge in [-0.15, -0.1) is 0 Å². The van der Waals surface area contributed by atoms with Crippen molar-refractivity contribution in [3.8, 4) is 0 Å². The molecule has 0 radical (unpaired) electrons. The zero-order chi connectivity index (χ0) is 13.8. The molecule has 2 rings (SSSR count). The Balaban J connectivity index is 2.23. The number of aliphatic hydroxyl groups excluding tert-OH is 1. The van der Waals surface area contributed by atoms with E-state index in [1.54, 1.807) is 23.5 Å². The van der Waals surface area contributed by atoms with Crippen LogP contribution in [0.25, 0.3) is 0 Å². The van der Waals surface area contributed by atoms with E-state index in [0.29, 0.717) is 5.56 Å². The summed E-state index contributed by atoms with van der Waals surface area (Å²) in [6, 6.07) is 6.83. The summed E-state index contributed by atoms with van der Waals surface area (Å²) >= 11 is 1.63. The van der Waals surface area contributed by atoms with Gasteiger partial charge in [0.05, 0.1) is 17.1 Å². The maximum Gasteiger partial charge on any atom is 0.275 e. The lowest BCUT2D eigenvalue weighted by atomic mass is 10.1. The lowest BCUT2D eigenvalue weighted by Gasteiger charge is -2.19. The molecule has 6 heteroatoms. The third-order valence-electron chi connectivity index (χ3n) is 2.87. The lowest BCUT2D eigenvalue weighted by Crippen LogP contribution is -2.16. The molecular weight excluding hydrogens is 264 g/mol. The van der Waals surface area contributed by atoms with Crippen LogP contribution in [0.2, 0.25) is 0 Å². The number of nitro benzene ring substituents is 1. The highest BCUT2D eigenvalue weighted by Gasteiger charge is 2.14. The first-order chi connectivity index (χ1) is 9.11. The number of hydrogen-bond donors (Lipinski definition) is 1. The third-order valence-corrected chi connectivity index (χ3v) is 3.60. The van der Waals surface area contributed by atoms with Crippen molar-refractivity contribution in [3.05, 3.63) is 56.3 Å². The van der Waals surface area contributed by atoms with Gasteiger partial charge in [-0.2, -0.15) is 11.3 Å². The van der Waals surface area contributed by atoms with Crippen molar-refractivity contribution in [2.24, 2.45) is 0 Å². The zero-order valence-electron chi connectivity index (χ0n) is 10.4. The normalized spacial score (nSPS) is 10.4. The summed E-state index contributed by atoms with van der Waals surface area (Å²) in [7, 11) is 1.92. The summed E-state index contributed by atoms with van der Waals surface area (Å²) in [5.41, 5.74) is 2.33. The molecule has 0 spiro atoms. The lowest BCUT2D eigenvalue weighted by molar-refractivity contribution is -0.385. The predicted octanol–water partition coefficient (Wildman–Crippen LogP) is 2.79. The molecule has 5 nitrogen and oxygen atoms in total. The minimum Gasteiger partial charge on any atom is -0.391 e. The molecule has 0 aliphatic carbocycles. The second kappa shape index (κ2) is 5.81. The van der Waals surface area contributed by atoms with E-state index in [4.69, 9.17) is 0 Å². The molecule has 0 aliphatic heterocycles. The van der Waals surface area contributed by atoms with Crippen LogP contribution in [0.15, 0.2) is 35.0 Å². The molecule has 0 saturated heterocycles. The monoisotopic (exact) mass is 278 g/mol. The molecule has 2 aromatic rings. The Morgan fingerprint density at radius 3 is 2.79 bits per heavy atom. The number of anilines is 1. The van der Waals surface area contributed by atoms with Crippen LogP contribution in [0.3, 0.4) is 0 Å². The minimum absolute atomic E-state index is 0.0461. The fraction of sp³-hybridized carbons (Fsp3) is 0.231. The van der Waals surface area contributed by atoms with Crippen molar-refractivity contribution in [1.29, 1.82) is 0 Å². The third kappa shape index (κ3) is 3.10. The van der Waals surface area contributed by atoms with E-state index in [9.17, 15) is 15.2 Å². The highest BCUT2D eigenvalue weighted by atomic mass is 32.1. The first-order valence-corrected chi connectivity index (χ1v) is 6.66. The van der Waals surface area contributed by atoms with E-state index in [0.717, 1.165) is 12.2 Å². The highest BCUT2D eigenvalue weighted by Crippen LogP contribution is 2.25. The molecule has 0 atom stereocenters. The van der Waals surface area contributed by atoms with Crippen LogP contribution in [0.4, 0.5) is 11.4 Å². The Hall–Kier alpha value is -1.92. The molecule has 0 bridgehead atoms. The maximum atomic E-state index is 10.8. The molecule has 100 valence electrons. The van der Waals surface area contributed by atoms with E-state index >= 15 is 0 Å². The summed E-state index contributed by atoms with van der Waals surface area (Å²) in [5.74, 6) is 0. The van der Waals surface area contributed by atoms with Crippen molar-refractivity contribution in [3.63, 3.8) is 0 Å². The minimum atomic E-state index is -0.478. The molecule has 0 unspecified atom stereocenters. The molecule has 0 saturated carbocycles. The first-order valence-electron chi connectivity index (χ1n) is 5.72.